The number of aromatic hydroxyl groups is 1. The topological polar surface area (TPSA) is 104 Å². The molecule has 0 aromatic heterocycles. The summed E-state index contributed by atoms with van der Waals surface area (Å²) < 4.78 is 0. The largest absolute Gasteiger partial charge is 0.508 e. The van der Waals surface area contributed by atoms with E-state index in [4.69, 9.17) is 10.8 Å². The van der Waals surface area contributed by atoms with Crippen molar-refractivity contribution >= 4 is 17.5 Å². The van der Waals surface area contributed by atoms with Crippen LogP contribution in [-0.4, -0.2) is 30.0 Å². The van der Waals surface area contributed by atoms with Gasteiger partial charge in [0.25, 0.3) is 0 Å². The van der Waals surface area contributed by atoms with Crippen molar-refractivity contribution in [3.05, 3.63) is 24.3 Å². The van der Waals surface area contributed by atoms with Crippen molar-refractivity contribution < 1.29 is 14.7 Å². The normalized spacial score (nSPS) is 9.56. The number of hydrogen-bond acceptors (Lipinski definition) is 4. The van der Waals surface area contributed by atoms with E-state index >= 15 is 0 Å². The van der Waals surface area contributed by atoms with E-state index in [0.717, 1.165) is 0 Å². The van der Waals surface area contributed by atoms with Gasteiger partial charge in [0.1, 0.15) is 5.75 Å². The molecular formula is C10H13N3O3. The molecule has 0 heterocycles. The summed E-state index contributed by atoms with van der Waals surface area (Å²) in [7, 11) is 0. The molecule has 0 atom stereocenters. The Balaban J connectivity index is 2.40. The predicted molar refractivity (Wildman–Crippen MR) is 58.8 cm³/mol. The van der Waals surface area contributed by atoms with Gasteiger partial charge in [0.15, 0.2) is 0 Å². The van der Waals surface area contributed by atoms with E-state index in [2.05, 4.69) is 10.6 Å². The summed E-state index contributed by atoms with van der Waals surface area (Å²) in [6.45, 7) is -0.274. The number of benzene rings is 1. The second-order valence-electron chi connectivity index (χ2n) is 3.08. The van der Waals surface area contributed by atoms with E-state index in [9.17, 15) is 9.59 Å². The SMILES string of the molecule is NCC(=O)NCC(=O)Nc1ccc(O)cc1. The van der Waals surface area contributed by atoms with Crippen LogP contribution in [0.1, 0.15) is 0 Å². The van der Waals surface area contributed by atoms with Crippen LogP contribution in [0.25, 0.3) is 0 Å². The number of phenolic OH excluding ortho intramolecular Hbond substituents is 1. The third kappa shape index (κ3) is 3.97. The second-order valence-corrected chi connectivity index (χ2v) is 3.08. The van der Waals surface area contributed by atoms with Crippen molar-refractivity contribution in [1.82, 2.24) is 5.32 Å². The molecule has 0 saturated carbocycles. The van der Waals surface area contributed by atoms with Gasteiger partial charge in [0.2, 0.25) is 11.8 Å². The zero-order valence-electron chi connectivity index (χ0n) is 8.56. The first-order valence-corrected chi connectivity index (χ1v) is 4.67. The summed E-state index contributed by atoms with van der Waals surface area (Å²) in [6, 6.07) is 6.01. The number of phenols is 1. The maximum Gasteiger partial charge on any atom is 0.243 e. The minimum absolute atomic E-state index is 0.120. The van der Waals surface area contributed by atoms with Crippen molar-refractivity contribution in [2.75, 3.05) is 18.4 Å². The molecule has 0 spiro atoms. The first-order valence-electron chi connectivity index (χ1n) is 4.67. The highest BCUT2D eigenvalue weighted by Crippen LogP contribution is 2.13. The minimum atomic E-state index is -0.388. The molecular weight excluding hydrogens is 210 g/mol. The van der Waals surface area contributed by atoms with Crippen LogP contribution < -0.4 is 16.4 Å². The van der Waals surface area contributed by atoms with Crippen molar-refractivity contribution in [2.45, 2.75) is 0 Å². The highest BCUT2D eigenvalue weighted by molar-refractivity contribution is 5.94. The maximum atomic E-state index is 11.3. The van der Waals surface area contributed by atoms with Gasteiger partial charge in [-0.25, -0.2) is 0 Å². The average Bonchev–Trinajstić information content (AvgIpc) is 2.29. The molecule has 0 saturated heterocycles. The zero-order valence-corrected chi connectivity index (χ0v) is 8.56. The molecule has 0 aliphatic carbocycles. The lowest BCUT2D eigenvalue weighted by molar-refractivity contribution is -0.123. The van der Waals surface area contributed by atoms with Crippen LogP contribution in [0.2, 0.25) is 0 Å². The number of hydrogen-bond donors (Lipinski definition) is 4. The molecule has 0 bridgehead atoms. The Labute approximate surface area is 92.4 Å². The van der Waals surface area contributed by atoms with Gasteiger partial charge in [-0.1, -0.05) is 0 Å². The molecule has 2 amide bonds. The van der Waals surface area contributed by atoms with Crippen LogP contribution >= 0.6 is 0 Å². The van der Waals surface area contributed by atoms with E-state index in [-0.39, 0.29) is 30.7 Å². The van der Waals surface area contributed by atoms with Gasteiger partial charge < -0.3 is 21.5 Å². The fourth-order valence-electron chi connectivity index (χ4n) is 1.00. The number of nitrogens with two attached hydrogens (primary N) is 1. The standard InChI is InChI=1S/C10H13N3O3/c11-5-9(15)12-6-10(16)13-7-1-3-8(14)4-2-7/h1-4,14H,5-6,11H2,(H,12,15)(H,13,16). The second kappa shape index (κ2) is 5.72. The smallest absolute Gasteiger partial charge is 0.243 e. The molecule has 5 N–H and O–H groups in total. The summed E-state index contributed by atoms with van der Waals surface area (Å²) in [4.78, 5) is 22.1. The molecule has 0 aliphatic heterocycles. The van der Waals surface area contributed by atoms with Crippen molar-refractivity contribution in [3.8, 4) is 5.75 Å². The van der Waals surface area contributed by atoms with Crippen molar-refractivity contribution in [2.24, 2.45) is 5.73 Å². The van der Waals surface area contributed by atoms with Gasteiger partial charge in [0.05, 0.1) is 13.1 Å². The Kier molecular flexibility index (Phi) is 4.28. The Morgan fingerprint density at radius 1 is 1.19 bits per heavy atom. The maximum absolute atomic E-state index is 11.3. The summed E-state index contributed by atoms with van der Waals surface area (Å²) in [5, 5.41) is 13.9. The van der Waals surface area contributed by atoms with Crippen molar-refractivity contribution in [3.63, 3.8) is 0 Å². The number of anilines is 1. The van der Waals surface area contributed by atoms with E-state index in [0.29, 0.717) is 5.69 Å². The van der Waals surface area contributed by atoms with Crippen LogP contribution in [-0.2, 0) is 9.59 Å². The van der Waals surface area contributed by atoms with Crippen LogP contribution in [0.15, 0.2) is 24.3 Å². The highest BCUT2D eigenvalue weighted by Gasteiger charge is 2.04. The highest BCUT2D eigenvalue weighted by atomic mass is 16.3. The number of carbonyl (C=O) groups is 2. The van der Waals surface area contributed by atoms with Crippen LogP contribution in [0.5, 0.6) is 5.75 Å². The molecule has 6 nitrogen and oxygen atoms in total. The molecule has 86 valence electrons. The molecule has 1 rings (SSSR count). The van der Waals surface area contributed by atoms with Crippen LogP contribution in [0.3, 0.4) is 0 Å². The van der Waals surface area contributed by atoms with Gasteiger partial charge in [-0.3, -0.25) is 9.59 Å². The summed E-state index contributed by atoms with van der Waals surface area (Å²) in [5.41, 5.74) is 5.60. The lowest BCUT2D eigenvalue weighted by Crippen LogP contribution is -2.36. The molecule has 16 heavy (non-hydrogen) atoms. The first kappa shape index (κ1) is 12.0. The Morgan fingerprint density at radius 3 is 2.38 bits per heavy atom. The molecule has 0 radical (unpaired) electrons. The zero-order chi connectivity index (χ0) is 12.0. The molecule has 1 aromatic rings. The van der Waals surface area contributed by atoms with Crippen LogP contribution in [0, 0.1) is 0 Å². The number of rotatable bonds is 4. The lowest BCUT2D eigenvalue weighted by atomic mass is 10.3. The fourth-order valence-corrected chi connectivity index (χ4v) is 1.00. The molecule has 0 unspecified atom stereocenters. The summed E-state index contributed by atoms with van der Waals surface area (Å²) >= 11 is 0. The number of nitrogens with one attached hydrogen (secondary N) is 2. The van der Waals surface area contributed by atoms with Gasteiger partial charge in [-0.2, -0.15) is 0 Å². The lowest BCUT2D eigenvalue weighted by Gasteiger charge is -2.05. The third-order valence-electron chi connectivity index (χ3n) is 1.78. The van der Waals surface area contributed by atoms with E-state index < -0.39 is 0 Å². The number of amides is 2. The summed E-state index contributed by atoms with van der Waals surface area (Å²) in [6.07, 6.45) is 0. The van der Waals surface area contributed by atoms with Gasteiger partial charge in [0, 0.05) is 5.69 Å². The average molecular weight is 223 g/mol. The quantitative estimate of drug-likeness (QED) is 0.512. The number of carbonyl (C=O) groups excluding carboxylic acids is 2. The van der Waals surface area contributed by atoms with E-state index in [1.807, 2.05) is 0 Å². The van der Waals surface area contributed by atoms with Gasteiger partial charge in [-0.15, -0.1) is 0 Å². The molecule has 0 aliphatic rings. The minimum Gasteiger partial charge on any atom is -0.508 e. The first-order chi connectivity index (χ1) is 7.61. The van der Waals surface area contributed by atoms with E-state index in [1.54, 1.807) is 12.1 Å². The Morgan fingerprint density at radius 2 is 1.81 bits per heavy atom. The fraction of sp³-hybridized carbons (Fsp3) is 0.200. The van der Waals surface area contributed by atoms with E-state index in [1.165, 1.54) is 12.1 Å². The molecule has 1 aromatic carbocycles. The predicted octanol–water partition coefficient (Wildman–Crippen LogP) is -0.594. The third-order valence-corrected chi connectivity index (χ3v) is 1.78. The monoisotopic (exact) mass is 223 g/mol. The van der Waals surface area contributed by atoms with Crippen LogP contribution in [0.4, 0.5) is 5.69 Å². The Hall–Kier alpha value is -2.08. The summed E-state index contributed by atoms with van der Waals surface area (Å²) in [5.74, 6) is -0.622. The van der Waals surface area contributed by atoms with Gasteiger partial charge in [-0.05, 0) is 24.3 Å². The van der Waals surface area contributed by atoms with Crippen molar-refractivity contribution in [1.29, 1.82) is 0 Å². The molecule has 0 fully saturated rings. The van der Waals surface area contributed by atoms with Gasteiger partial charge >= 0.3 is 0 Å². The Bertz CT molecular complexity index is 375. The molecule has 6 heteroatoms.